The highest BCUT2D eigenvalue weighted by Crippen LogP contribution is 2.35. The molecule has 0 aliphatic carbocycles. The van der Waals surface area contributed by atoms with Crippen molar-refractivity contribution in [2.45, 2.75) is 0 Å². The van der Waals surface area contributed by atoms with Crippen LogP contribution in [0.1, 0.15) is 14.5 Å². The number of rotatable bonds is 3. The lowest BCUT2D eigenvalue weighted by molar-refractivity contribution is 0.0967. The molecule has 2 heterocycles. The molecular weight excluding hydrogens is 306 g/mol. The summed E-state index contributed by atoms with van der Waals surface area (Å²) in [4.78, 5) is 20.9. The average Bonchev–Trinajstić information content (AvgIpc) is 3.10. The van der Waals surface area contributed by atoms with E-state index in [9.17, 15) is 9.90 Å². The average molecular weight is 317 g/mol. The Morgan fingerprint density at radius 1 is 1.38 bits per heavy atom. The van der Waals surface area contributed by atoms with Crippen LogP contribution >= 0.6 is 22.7 Å². The number of aromatic hydroxyl groups is 1. The summed E-state index contributed by atoms with van der Waals surface area (Å²) in [7, 11) is 1.57. The second-order valence-corrected chi connectivity index (χ2v) is 6.25. The second-order valence-electron chi connectivity index (χ2n) is 4.16. The maximum absolute atomic E-state index is 11.4. The molecule has 1 aromatic carbocycles. The molecule has 3 rings (SSSR count). The summed E-state index contributed by atoms with van der Waals surface area (Å²) in [5.74, 6) is 0.0427. The molecule has 0 saturated carbocycles. The van der Waals surface area contributed by atoms with Crippen molar-refractivity contribution in [3.63, 3.8) is 0 Å². The molecule has 0 spiro atoms. The van der Waals surface area contributed by atoms with Crippen LogP contribution in [0.5, 0.6) is 5.75 Å². The molecule has 0 atom stereocenters. The number of carbonyl (C=O) groups excluding carboxylic acids is 1. The summed E-state index contributed by atoms with van der Waals surface area (Å²) in [6.07, 6.45) is 3.06. The smallest absolute Gasteiger partial charge is 0.262 e. The van der Waals surface area contributed by atoms with Gasteiger partial charge in [0.25, 0.3) is 5.91 Å². The van der Waals surface area contributed by atoms with Crippen molar-refractivity contribution in [2.24, 2.45) is 4.99 Å². The van der Waals surface area contributed by atoms with Gasteiger partial charge < -0.3 is 10.4 Å². The number of carbonyl (C=O) groups is 1. The Kier molecular flexibility index (Phi) is 3.68. The van der Waals surface area contributed by atoms with E-state index < -0.39 is 0 Å². The highest BCUT2D eigenvalue weighted by molar-refractivity contribution is 7.21. The molecule has 5 nitrogen and oxygen atoms in total. The predicted octanol–water partition coefficient (Wildman–Crippen LogP) is 3.17. The zero-order chi connectivity index (χ0) is 14.8. The van der Waals surface area contributed by atoms with Gasteiger partial charge in [-0.25, -0.2) is 9.98 Å². The zero-order valence-corrected chi connectivity index (χ0v) is 12.7. The molecule has 0 unspecified atom stereocenters. The van der Waals surface area contributed by atoms with Gasteiger partial charge in [0.1, 0.15) is 10.6 Å². The van der Waals surface area contributed by atoms with Crippen LogP contribution in [0.3, 0.4) is 0 Å². The van der Waals surface area contributed by atoms with E-state index in [1.54, 1.807) is 13.3 Å². The van der Waals surface area contributed by atoms with Crippen LogP contribution in [0.4, 0.5) is 5.13 Å². The Bertz CT molecular complexity index is 836. The van der Waals surface area contributed by atoms with E-state index in [-0.39, 0.29) is 11.7 Å². The van der Waals surface area contributed by atoms with Crippen LogP contribution in [0.2, 0.25) is 0 Å². The van der Waals surface area contributed by atoms with Crippen molar-refractivity contribution in [1.29, 1.82) is 0 Å². The Morgan fingerprint density at radius 3 is 2.95 bits per heavy atom. The normalized spacial score (nSPS) is 11.3. The van der Waals surface area contributed by atoms with Crippen molar-refractivity contribution in [1.82, 2.24) is 10.3 Å². The van der Waals surface area contributed by atoms with E-state index in [4.69, 9.17) is 0 Å². The summed E-state index contributed by atoms with van der Waals surface area (Å²) in [6.45, 7) is 0. The molecule has 3 aromatic rings. The number of thiophene rings is 1. The Balaban J connectivity index is 1.89. The first-order chi connectivity index (χ1) is 10.2. The Morgan fingerprint density at radius 2 is 2.19 bits per heavy atom. The van der Waals surface area contributed by atoms with Crippen molar-refractivity contribution in [3.8, 4) is 5.75 Å². The van der Waals surface area contributed by atoms with E-state index in [1.165, 1.54) is 28.9 Å². The SMILES string of the molecule is CNC(=O)c1cnc(/N=C/c2sc3ccccc3c2O)s1. The third-order valence-corrected chi connectivity index (χ3v) is 4.83. The van der Waals surface area contributed by atoms with Gasteiger partial charge in [0.2, 0.25) is 5.13 Å². The van der Waals surface area contributed by atoms with Crippen LogP contribution in [-0.4, -0.2) is 29.3 Å². The van der Waals surface area contributed by atoms with Crippen LogP contribution in [-0.2, 0) is 0 Å². The highest BCUT2D eigenvalue weighted by Gasteiger charge is 2.10. The fourth-order valence-corrected chi connectivity index (χ4v) is 3.48. The van der Waals surface area contributed by atoms with Gasteiger partial charge in [-0.15, -0.1) is 11.3 Å². The maximum atomic E-state index is 11.4. The number of aliphatic imine (C=N–C) groups is 1. The number of nitrogens with one attached hydrogen (secondary N) is 1. The van der Waals surface area contributed by atoms with Gasteiger partial charge in [-0.3, -0.25) is 4.79 Å². The molecule has 21 heavy (non-hydrogen) atoms. The molecule has 2 aromatic heterocycles. The Labute approximate surface area is 128 Å². The third-order valence-electron chi connectivity index (χ3n) is 2.83. The molecule has 0 aliphatic rings. The van der Waals surface area contributed by atoms with Crippen molar-refractivity contribution >= 4 is 50.0 Å². The van der Waals surface area contributed by atoms with Gasteiger partial charge in [-0.2, -0.15) is 0 Å². The maximum Gasteiger partial charge on any atom is 0.262 e. The molecular formula is C14H11N3O2S2. The number of hydrogen-bond donors (Lipinski definition) is 2. The number of hydrogen-bond acceptors (Lipinski definition) is 6. The molecule has 0 saturated heterocycles. The third kappa shape index (κ3) is 2.65. The van der Waals surface area contributed by atoms with E-state index >= 15 is 0 Å². The van der Waals surface area contributed by atoms with Gasteiger partial charge in [-0.1, -0.05) is 23.5 Å². The minimum absolute atomic E-state index is 0.182. The summed E-state index contributed by atoms with van der Waals surface area (Å²) in [5.41, 5.74) is 0. The first kappa shape index (κ1) is 13.7. The molecule has 7 heteroatoms. The van der Waals surface area contributed by atoms with Crippen molar-refractivity contribution in [2.75, 3.05) is 7.05 Å². The first-order valence-electron chi connectivity index (χ1n) is 6.11. The lowest BCUT2D eigenvalue weighted by Crippen LogP contribution is -2.15. The summed E-state index contributed by atoms with van der Waals surface area (Å²) in [6, 6.07) is 7.62. The zero-order valence-electron chi connectivity index (χ0n) is 11.0. The van der Waals surface area contributed by atoms with E-state index in [2.05, 4.69) is 15.3 Å². The number of thiazole rings is 1. The largest absolute Gasteiger partial charge is 0.506 e. The number of fused-ring (bicyclic) bond motifs is 1. The fourth-order valence-electron chi connectivity index (χ4n) is 1.80. The van der Waals surface area contributed by atoms with Gasteiger partial charge >= 0.3 is 0 Å². The summed E-state index contributed by atoms with van der Waals surface area (Å²) >= 11 is 2.66. The Hall–Kier alpha value is -2.25. The van der Waals surface area contributed by atoms with Gasteiger partial charge in [0, 0.05) is 17.1 Å². The second kappa shape index (κ2) is 5.63. The number of nitrogens with zero attached hydrogens (tertiary/aromatic N) is 2. The number of benzene rings is 1. The monoisotopic (exact) mass is 317 g/mol. The minimum Gasteiger partial charge on any atom is -0.506 e. The molecule has 106 valence electrons. The van der Waals surface area contributed by atoms with E-state index in [0.717, 1.165) is 10.1 Å². The molecule has 0 bridgehead atoms. The van der Waals surface area contributed by atoms with Crippen LogP contribution in [0, 0.1) is 0 Å². The minimum atomic E-state index is -0.182. The summed E-state index contributed by atoms with van der Waals surface area (Å²) in [5, 5.41) is 14.0. The molecule has 0 radical (unpaired) electrons. The number of aromatic nitrogens is 1. The van der Waals surface area contributed by atoms with Crippen molar-refractivity contribution < 1.29 is 9.90 Å². The molecule has 0 fully saturated rings. The number of amides is 1. The predicted molar refractivity (Wildman–Crippen MR) is 86.2 cm³/mol. The topological polar surface area (TPSA) is 74.6 Å². The van der Waals surface area contributed by atoms with Gasteiger partial charge in [0.05, 0.1) is 17.3 Å². The lowest BCUT2D eigenvalue weighted by Gasteiger charge is -1.90. The van der Waals surface area contributed by atoms with E-state index in [0.29, 0.717) is 14.9 Å². The quantitative estimate of drug-likeness (QED) is 0.729. The van der Waals surface area contributed by atoms with Crippen LogP contribution in [0.25, 0.3) is 10.1 Å². The first-order valence-corrected chi connectivity index (χ1v) is 7.75. The van der Waals surface area contributed by atoms with Crippen LogP contribution in [0.15, 0.2) is 35.5 Å². The van der Waals surface area contributed by atoms with Crippen LogP contribution < -0.4 is 5.32 Å². The van der Waals surface area contributed by atoms with Crippen molar-refractivity contribution in [3.05, 3.63) is 40.2 Å². The highest BCUT2D eigenvalue weighted by atomic mass is 32.1. The summed E-state index contributed by atoms with van der Waals surface area (Å²) < 4.78 is 1.00. The standard InChI is InChI=1S/C14H11N3O2S2/c1-15-13(19)11-7-17-14(21-11)16-6-10-12(18)8-4-2-3-5-9(8)20-10/h2-7,18H,1H3,(H,15,19)/b16-6+. The fraction of sp³-hybridized carbons (Fsp3) is 0.0714. The van der Waals surface area contributed by atoms with E-state index in [1.807, 2.05) is 24.3 Å². The molecule has 1 amide bonds. The molecule has 2 N–H and O–H groups in total. The molecule has 0 aliphatic heterocycles. The van der Waals surface area contributed by atoms with Gasteiger partial charge in [-0.05, 0) is 12.1 Å². The lowest BCUT2D eigenvalue weighted by atomic mass is 10.2. The van der Waals surface area contributed by atoms with Gasteiger partial charge in [0.15, 0.2) is 0 Å².